The van der Waals surface area contributed by atoms with Crippen molar-refractivity contribution in [3.8, 4) is 16.9 Å². The molecule has 4 unspecified atom stereocenters. The SMILES string of the molecule is O=C(CC1(C(=O)O)CC2C=CC1(C1(C(=O)O)C=Cc3ccccc3C1)C2)Oc1ccccc1-c1ccccc1. The van der Waals surface area contributed by atoms with E-state index in [0.29, 0.717) is 17.7 Å². The van der Waals surface area contributed by atoms with Crippen LogP contribution in [0, 0.1) is 22.2 Å². The predicted octanol–water partition coefficient (Wildman–Crippen LogP) is 6.03. The van der Waals surface area contributed by atoms with Crippen molar-refractivity contribution < 1.29 is 29.3 Å². The van der Waals surface area contributed by atoms with E-state index in [2.05, 4.69) is 0 Å². The summed E-state index contributed by atoms with van der Waals surface area (Å²) in [4.78, 5) is 39.9. The van der Waals surface area contributed by atoms with Crippen LogP contribution in [0.25, 0.3) is 17.2 Å². The van der Waals surface area contributed by atoms with Crippen molar-refractivity contribution >= 4 is 24.0 Å². The minimum atomic E-state index is -1.64. The molecule has 3 aliphatic rings. The van der Waals surface area contributed by atoms with Crippen molar-refractivity contribution in [2.75, 3.05) is 0 Å². The summed E-state index contributed by atoms with van der Waals surface area (Å²) in [5.74, 6) is -2.75. The number of aliphatic carboxylic acids is 2. The Morgan fingerprint density at radius 1 is 0.821 bits per heavy atom. The number of fused-ring (bicyclic) bond motifs is 3. The number of esters is 1. The number of para-hydroxylation sites is 1. The van der Waals surface area contributed by atoms with Crippen LogP contribution >= 0.6 is 0 Å². The average molecular weight is 521 g/mol. The first-order valence-corrected chi connectivity index (χ1v) is 13.1. The molecule has 6 rings (SSSR count). The molecular weight excluding hydrogens is 492 g/mol. The van der Waals surface area contributed by atoms with Crippen molar-refractivity contribution in [3.05, 3.63) is 108 Å². The van der Waals surface area contributed by atoms with Crippen LogP contribution in [0.2, 0.25) is 0 Å². The lowest BCUT2D eigenvalue weighted by Gasteiger charge is -2.51. The van der Waals surface area contributed by atoms with Gasteiger partial charge in [0.05, 0.1) is 11.8 Å². The number of carboxylic acids is 2. The quantitative estimate of drug-likeness (QED) is 0.224. The maximum atomic E-state index is 13.6. The molecule has 6 nitrogen and oxygen atoms in total. The highest BCUT2D eigenvalue weighted by molar-refractivity contribution is 5.90. The van der Waals surface area contributed by atoms with Crippen molar-refractivity contribution in [2.24, 2.45) is 22.2 Å². The molecule has 2 bridgehead atoms. The average Bonchev–Trinajstić information content (AvgIpc) is 3.52. The third-order valence-corrected chi connectivity index (χ3v) is 9.00. The van der Waals surface area contributed by atoms with E-state index in [9.17, 15) is 24.6 Å². The van der Waals surface area contributed by atoms with Gasteiger partial charge in [-0.3, -0.25) is 14.4 Å². The highest BCUT2D eigenvalue weighted by Gasteiger charge is 2.73. The lowest BCUT2D eigenvalue weighted by atomic mass is 9.48. The summed E-state index contributed by atoms with van der Waals surface area (Å²) in [7, 11) is 0. The summed E-state index contributed by atoms with van der Waals surface area (Å²) in [5, 5.41) is 21.5. The number of carbonyl (C=O) groups excluding carboxylic acids is 1. The second-order valence-electron chi connectivity index (χ2n) is 10.9. The summed E-state index contributed by atoms with van der Waals surface area (Å²) in [5.41, 5.74) is -1.12. The smallest absolute Gasteiger partial charge is 0.314 e. The van der Waals surface area contributed by atoms with Crippen LogP contribution in [-0.2, 0) is 20.8 Å². The summed E-state index contributed by atoms with van der Waals surface area (Å²) < 4.78 is 5.83. The topological polar surface area (TPSA) is 101 Å². The van der Waals surface area contributed by atoms with E-state index >= 15 is 0 Å². The molecule has 2 N–H and O–H groups in total. The Kier molecular flexibility index (Phi) is 5.79. The number of hydrogen-bond acceptors (Lipinski definition) is 4. The second-order valence-corrected chi connectivity index (χ2v) is 10.9. The molecule has 0 aliphatic heterocycles. The largest absolute Gasteiger partial charge is 0.481 e. The molecule has 3 aromatic carbocycles. The number of hydrogen-bond donors (Lipinski definition) is 2. The highest BCUT2D eigenvalue weighted by Crippen LogP contribution is 2.71. The van der Waals surface area contributed by atoms with E-state index in [0.717, 1.165) is 16.7 Å². The zero-order chi connectivity index (χ0) is 27.3. The van der Waals surface area contributed by atoms with E-state index in [1.807, 2.05) is 72.8 Å². The van der Waals surface area contributed by atoms with Crippen LogP contribution < -0.4 is 4.74 Å². The first-order valence-electron chi connectivity index (χ1n) is 13.1. The normalized spacial score (nSPS) is 28.2. The zero-order valence-electron chi connectivity index (χ0n) is 21.2. The lowest BCUT2D eigenvalue weighted by molar-refractivity contribution is -0.173. The van der Waals surface area contributed by atoms with Gasteiger partial charge in [0.15, 0.2) is 0 Å². The Balaban J connectivity index is 1.39. The number of carbonyl (C=O) groups is 3. The summed E-state index contributed by atoms with van der Waals surface area (Å²) >= 11 is 0. The van der Waals surface area contributed by atoms with Crippen LogP contribution in [0.1, 0.15) is 30.4 Å². The molecule has 0 amide bonds. The maximum Gasteiger partial charge on any atom is 0.314 e. The van der Waals surface area contributed by atoms with Crippen LogP contribution in [0.15, 0.2) is 97.1 Å². The van der Waals surface area contributed by atoms with Crippen LogP contribution in [0.5, 0.6) is 5.75 Å². The Morgan fingerprint density at radius 2 is 1.54 bits per heavy atom. The molecule has 0 saturated heterocycles. The predicted molar refractivity (Wildman–Crippen MR) is 146 cm³/mol. The molecule has 3 aliphatic carbocycles. The highest BCUT2D eigenvalue weighted by atomic mass is 16.5. The van der Waals surface area contributed by atoms with Gasteiger partial charge in [0, 0.05) is 11.0 Å². The van der Waals surface area contributed by atoms with Gasteiger partial charge < -0.3 is 14.9 Å². The molecule has 4 atom stereocenters. The number of ether oxygens (including phenoxy) is 1. The van der Waals surface area contributed by atoms with E-state index in [1.165, 1.54) is 0 Å². The summed E-state index contributed by atoms with van der Waals surface area (Å²) in [6.45, 7) is 0. The fourth-order valence-electron chi connectivity index (χ4n) is 7.23. The standard InChI is InChI=1S/C33H28O6/c34-28(39-27-13-7-6-12-26(27)24-9-2-1-3-10-24)21-32(30(37)38)18-22-14-17-33(32,19-22)31(29(35)36)16-15-23-8-4-5-11-25(23)20-31/h1-17,22H,18-21H2,(H,35,36)(H,37,38). The van der Waals surface area contributed by atoms with E-state index < -0.39 is 40.6 Å². The summed E-state index contributed by atoms with van der Waals surface area (Å²) in [6, 6.07) is 24.2. The third kappa shape index (κ3) is 3.66. The van der Waals surface area contributed by atoms with Gasteiger partial charge in [0.2, 0.25) is 0 Å². The summed E-state index contributed by atoms with van der Waals surface area (Å²) in [6.07, 6.45) is 7.38. The molecule has 6 heteroatoms. The number of rotatable bonds is 7. The molecular formula is C33H28O6. The lowest BCUT2D eigenvalue weighted by Crippen LogP contribution is -2.58. The van der Waals surface area contributed by atoms with E-state index in [1.54, 1.807) is 30.4 Å². The molecule has 1 fully saturated rings. The fraction of sp³-hybridized carbons (Fsp3) is 0.242. The molecule has 0 radical (unpaired) electrons. The van der Waals surface area contributed by atoms with Gasteiger partial charge in [-0.1, -0.05) is 97.1 Å². The van der Waals surface area contributed by atoms with Gasteiger partial charge in [-0.25, -0.2) is 0 Å². The van der Waals surface area contributed by atoms with Gasteiger partial charge in [0.25, 0.3) is 0 Å². The number of carboxylic acid groups (broad SMARTS) is 2. The monoisotopic (exact) mass is 520 g/mol. The van der Waals surface area contributed by atoms with Gasteiger partial charge in [-0.05, 0) is 47.9 Å². The minimum Gasteiger partial charge on any atom is -0.481 e. The first-order chi connectivity index (χ1) is 18.8. The van der Waals surface area contributed by atoms with Gasteiger partial charge >= 0.3 is 17.9 Å². The van der Waals surface area contributed by atoms with Crippen LogP contribution in [-0.4, -0.2) is 28.1 Å². The minimum absolute atomic E-state index is 0.132. The molecule has 0 spiro atoms. The molecule has 0 heterocycles. The molecule has 196 valence electrons. The fourth-order valence-corrected chi connectivity index (χ4v) is 7.23. The Labute approximate surface area is 226 Å². The van der Waals surface area contributed by atoms with Crippen molar-refractivity contribution in [2.45, 2.75) is 25.7 Å². The molecule has 39 heavy (non-hydrogen) atoms. The maximum absolute atomic E-state index is 13.6. The van der Waals surface area contributed by atoms with E-state index in [-0.39, 0.29) is 18.8 Å². The van der Waals surface area contributed by atoms with Gasteiger partial charge in [-0.15, -0.1) is 0 Å². The first kappa shape index (κ1) is 24.9. The van der Waals surface area contributed by atoms with E-state index in [4.69, 9.17) is 4.74 Å². The zero-order valence-corrected chi connectivity index (χ0v) is 21.2. The third-order valence-electron chi connectivity index (χ3n) is 9.00. The van der Waals surface area contributed by atoms with Crippen LogP contribution in [0.3, 0.4) is 0 Å². The van der Waals surface area contributed by atoms with Gasteiger partial charge in [-0.2, -0.15) is 0 Å². The Hall–Kier alpha value is -4.45. The Bertz CT molecular complexity index is 1540. The number of allylic oxidation sites excluding steroid dienone is 2. The number of benzene rings is 3. The molecule has 3 aromatic rings. The Morgan fingerprint density at radius 3 is 2.28 bits per heavy atom. The molecule has 1 saturated carbocycles. The van der Waals surface area contributed by atoms with Crippen molar-refractivity contribution in [1.29, 1.82) is 0 Å². The molecule has 0 aromatic heterocycles. The second kappa shape index (κ2) is 9.09. The van der Waals surface area contributed by atoms with Crippen LogP contribution in [0.4, 0.5) is 0 Å². The van der Waals surface area contributed by atoms with Crippen molar-refractivity contribution in [3.63, 3.8) is 0 Å². The van der Waals surface area contributed by atoms with Gasteiger partial charge in [0.1, 0.15) is 11.2 Å². The van der Waals surface area contributed by atoms with Crippen molar-refractivity contribution in [1.82, 2.24) is 0 Å².